The molecule has 2 N–H and O–H groups in total. The maximum Gasteiger partial charge on any atom is 0.160 e. The average molecular weight is 190 g/mol. The second-order valence-corrected chi connectivity index (χ2v) is 2.81. The highest BCUT2D eigenvalue weighted by Crippen LogP contribution is 2.25. The molecule has 0 unspecified atom stereocenters. The van der Waals surface area contributed by atoms with Crippen LogP contribution in [0.1, 0.15) is 22.8 Å². The first-order valence-electron chi connectivity index (χ1n) is 3.98. The summed E-state index contributed by atoms with van der Waals surface area (Å²) in [6.07, 6.45) is 0. The molecule has 0 aliphatic rings. The van der Waals surface area contributed by atoms with Crippen molar-refractivity contribution >= 4 is 11.5 Å². The van der Waals surface area contributed by atoms with E-state index in [4.69, 9.17) is 15.7 Å². The number of nitrogens with zero attached hydrogens (tertiary/aromatic N) is 1. The first-order valence-corrected chi connectivity index (χ1v) is 3.98. The van der Waals surface area contributed by atoms with Crippen LogP contribution in [0.4, 0.5) is 5.69 Å². The molecule has 1 aromatic carbocycles. The number of nitrogen functional groups attached to an aromatic ring is 1. The number of ether oxygens (including phenoxy) is 1. The number of nitriles is 1. The molecule has 0 atom stereocenters. The molecule has 0 saturated carbocycles. The molecule has 14 heavy (non-hydrogen) atoms. The van der Waals surface area contributed by atoms with Crippen LogP contribution in [0.25, 0.3) is 0 Å². The van der Waals surface area contributed by atoms with Crippen molar-refractivity contribution < 1.29 is 9.53 Å². The number of hydrogen-bond donors (Lipinski definition) is 1. The van der Waals surface area contributed by atoms with Crippen molar-refractivity contribution in [2.24, 2.45) is 0 Å². The van der Waals surface area contributed by atoms with Crippen LogP contribution in [-0.2, 0) is 0 Å². The Morgan fingerprint density at radius 3 is 2.64 bits per heavy atom. The largest absolute Gasteiger partial charge is 0.495 e. The van der Waals surface area contributed by atoms with E-state index in [0.717, 1.165) is 0 Å². The highest BCUT2D eigenvalue weighted by molar-refractivity contribution is 5.96. The van der Waals surface area contributed by atoms with Crippen LogP contribution in [-0.4, -0.2) is 12.9 Å². The molecule has 1 rings (SSSR count). The first kappa shape index (κ1) is 10.1. The molecule has 0 amide bonds. The third kappa shape index (κ3) is 1.67. The Labute approximate surface area is 81.9 Å². The number of nitrogens with two attached hydrogens (primary N) is 1. The van der Waals surface area contributed by atoms with E-state index in [2.05, 4.69) is 0 Å². The third-order valence-corrected chi connectivity index (χ3v) is 1.87. The molecule has 0 aliphatic heterocycles. The minimum absolute atomic E-state index is 0.112. The SMILES string of the molecule is COc1cc(C(C)=O)cc(N)c1C#N. The fourth-order valence-electron chi connectivity index (χ4n) is 1.12. The third-order valence-electron chi connectivity index (χ3n) is 1.87. The predicted octanol–water partition coefficient (Wildman–Crippen LogP) is 1.35. The Balaban J connectivity index is 3.40. The van der Waals surface area contributed by atoms with Gasteiger partial charge in [-0.1, -0.05) is 0 Å². The smallest absolute Gasteiger partial charge is 0.160 e. The van der Waals surface area contributed by atoms with Crippen molar-refractivity contribution in [2.75, 3.05) is 12.8 Å². The monoisotopic (exact) mass is 190 g/mol. The van der Waals surface area contributed by atoms with Crippen LogP contribution >= 0.6 is 0 Å². The summed E-state index contributed by atoms with van der Waals surface area (Å²) >= 11 is 0. The Morgan fingerprint density at radius 1 is 1.57 bits per heavy atom. The van der Waals surface area contributed by atoms with Gasteiger partial charge in [-0.15, -0.1) is 0 Å². The summed E-state index contributed by atoms with van der Waals surface area (Å²) in [5, 5.41) is 8.76. The van der Waals surface area contributed by atoms with Crippen LogP contribution in [0.2, 0.25) is 0 Å². The quantitative estimate of drug-likeness (QED) is 0.564. The Hall–Kier alpha value is -2.02. The van der Waals surface area contributed by atoms with Crippen molar-refractivity contribution in [2.45, 2.75) is 6.92 Å². The molecule has 0 spiro atoms. The number of Topliss-reactive ketones (excluding diaryl/α,β-unsaturated/α-hetero) is 1. The van der Waals surface area contributed by atoms with Gasteiger partial charge in [0.15, 0.2) is 5.78 Å². The topological polar surface area (TPSA) is 76.1 Å². The molecule has 0 saturated heterocycles. The second-order valence-electron chi connectivity index (χ2n) is 2.81. The highest BCUT2D eigenvalue weighted by Gasteiger charge is 2.10. The first-order chi connectivity index (χ1) is 6.60. The van der Waals surface area contributed by atoms with E-state index in [0.29, 0.717) is 11.3 Å². The Morgan fingerprint density at radius 2 is 2.21 bits per heavy atom. The minimum Gasteiger partial charge on any atom is -0.495 e. The lowest BCUT2D eigenvalue weighted by molar-refractivity contribution is 0.101. The van der Waals surface area contributed by atoms with Gasteiger partial charge in [-0.25, -0.2) is 0 Å². The maximum absolute atomic E-state index is 11.1. The van der Waals surface area contributed by atoms with Crippen LogP contribution < -0.4 is 10.5 Å². The summed E-state index contributed by atoms with van der Waals surface area (Å²) in [5.74, 6) is 0.220. The molecule has 0 fully saturated rings. The molecule has 0 aliphatic carbocycles. The standard InChI is InChI=1S/C10H10N2O2/c1-6(13)7-3-9(12)8(5-11)10(4-7)14-2/h3-4H,12H2,1-2H3. The summed E-state index contributed by atoms with van der Waals surface area (Å²) < 4.78 is 4.95. The molecule has 0 bridgehead atoms. The van der Waals surface area contributed by atoms with Crippen molar-refractivity contribution in [1.29, 1.82) is 5.26 Å². The zero-order chi connectivity index (χ0) is 10.7. The number of rotatable bonds is 2. The molecular weight excluding hydrogens is 180 g/mol. The van der Waals surface area contributed by atoms with E-state index in [9.17, 15) is 4.79 Å². The maximum atomic E-state index is 11.1. The average Bonchev–Trinajstić information content (AvgIpc) is 2.16. The van der Waals surface area contributed by atoms with Crippen molar-refractivity contribution in [3.8, 4) is 11.8 Å². The van der Waals surface area contributed by atoms with Crippen LogP contribution in [0.15, 0.2) is 12.1 Å². The Bertz CT molecular complexity index is 419. The molecule has 0 radical (unpaired) electrons. The van der Waals surface area contributed by atoms with Gasteiger partial charge in [0.05, 0.1) is 12.8 Å². The normalized spacial score (nSPS) is 9.21. The second kappa shape index (κ2) is 3.79. The number of hydrogen-bond acceptors (Lipinski definition) is 4. The molecule has 0 aromatic heterocycles. The molecule has 72 valence electrons. The molecule has 1 aromatic rings. The summed E-state index contributed by atoms with van der Waals surface area (Å²) in [7, 11) is 1.43. The number of anilines is 1. The van der Waals surface area contributed by atoms with Gasteiger partial charge in [0.1, 0.15) is 17.4 Å². The van der Waals surface area contributed by atoms with Crippen molar-refractivity contribution in [1.82, 2.24) is 0 Å². The number of benzene rings is 1. The van der Waals surface area contributed by atoms with Gasteiger partial charge >= 0.3 is 0 Å². The number of carbonyl (C=O) groups is 1. The molecular formula is C10H10N2O2. The van der Waals surface area contributed by atoms with E-state index in [1.807, 2.05) is 6.07 Å². The molecule has 0 heterocycles. The van der Waals surface area contributed by atoms with Crippen molar-refractivity contribution in [3.05, 3.63) is 23.3 Å². The highest BCUT2D eigenvalue weighted by atomic mass is 16.5. The number of methoxy groups -OCH3 is 1. The minimum atomic E-state index is -0.112. The number of ketones is 1. The summed E-state index contributed by atoms with van der Waals surface area (Å²) in [4.78, 5) is 11.1. The van der Waals surface area contributed by atoms with Crippen LogP contribution in [0.3, 0.4) is 0 Å². The zero-order valence-corrected chi connectivity index (χ0v) is 8.00. The fourth-order valence-corrected chi connectivity index (χ4v) is 1.12. The summed E-state index contributed by atoms with van der Waals surface area (Å²) in [6.45, 7) is 1.43. The van der Waals surface area contributed by atoms with Gasteiger partial charge in [0, 0.05) is 5.56 Å². The summed E-state index contributed by atoms with van der Waals surface area (Å²) in [6, 6.07) is 4.91. The molecule has 4 nitrogen and oxygen atoms in total. The van der Waals surface area contributed by atoms with Crippen LogP contribution in [0, 0.1) is 11.3 Å². The van der Waals surface area contributed by atoms with E-state index in [-0.39, 0.29) is 17.0 Å². The lowest BCUT2D eigenvalue weighted by Crippen LogP contribution is -2.00. The van der Waals surface area contributed by atoms with Crippen LogP contribution in [0.5, 0.6) is 5.75 Å². The van der Waals surface area contributed by atoms with E-state index in [1.165, 1.54) is 26.2 Å². The zero-order valence-electron chi connectivity index (χ0n) is 8.00. The van der Waals surface area contributed by atoms with Gasteiger partial charge in [0.25, 0.3) is 0 Å². The van der Waals surface area contributed by atoms with Gasteiger partial charge < -0.3 is 10.5 Å². The summed E-state index contributed by atoms with van der Waals surface area (Å²) in [5.41, 5.74) is 6.56. The molecule has 4 heteroatoms. The van der Waals surface area contributed by atoms with E-state index < -0.39 is 0 Å². The van der Waals surface area contributed by atoms with Crippen molar-refractivity contribution in [3.63, 3.8) is 0 Å². The van der Waals surface area contributed by atoms with Gasteiger partial charge in [0.2, 0.25) is 0 Å². The van der Waals surface area contributed by atoms with Gasteiger partial charge in [-0.2, -0.15) is 5.26 Å². The van der Waals surface area contributed by atoms with E-state index in [1.54, 1.807) is 0 Å². The van der Waals surface area contributed by atoms with Gasteiger partial charge in [-0.05, 0) is 19.1 Å². The fraction of sp³-hybridized carbons (Fsp3) is 0.200. The van der Waals surface area contributed by atoms with E-state index >= 15 is 0 Å². The Kier molecular flexibility index (Phi) is 2.73. The number of carbonyl (C=O) groups excluding carboxylic acids is 1. The lowest BCUT2D eigenvalue weighted by Gasteiger charge is -2.06. The predicted molar refractivity (Wildman–Crippen MR) is 52.1 cm³/mol. The lowest BCUT2D eigenvalue weighted by atomic mass is 10.1. The van der Waals surface area contributed by atoms with Gasteiger partial charge in [-0.3, -0.25) is 4.79 Å².